The Morgan fingerprint density at radius 1 is 0.511 bits per heavy atom. The molecule has 2 unspecified atom stereocenters. The molecule has 6 aromatic carbocycles. The van der Waals surface area contributed by atoms with Crippen molar-refractivity contribution in [3.05, 3.63) is 204 Å². The highest BCUT2D eigenvalue weighted by Crippen LogP contribution is 2.37. The smallest absolute Gasteiger partial charge is 0.170 e. The number of aromatic nitrogens is 6. The van der Waals surface area contributed by atoms with Gasteiger partial charge in [0.15, 0.2) is 5.78 Å². The van der Waals surface area contributed by atoms with E-state index in [2.05, 4.69) is 120 Å². The number of piperazine rings is 2. The lowest BCUT2D eigenvalue weighted by Crippen LogP contribution is -2.60. The van der Waals surface area contributed by atoms with Gasteiger partial charge < -0.3 is 29.2 Å². The first-order chi connectivity index (χ1) is 43.0. The van der Waals surface area contributed by atoms with E-state index >= 15 is 4.79 Å². The van der Waals surface area contributed by atoms with Gasteiger partial charge in [-0.3, -0.25) is 24.4 Å². The van der Waals surface area contributed by atoms with Crippen molar-refractivity contribution in [2.45, 2.75) is 76.2 Å². The molecule has 4 fully saturated rings. The highest BCUT2D eigenvalue weighted by atomic mass is 35.5. The molecule has 2 saturated heterocycles. The summed E-state index contributed by atoms with van der Waals surface area (Å²) in [4.78, 5) is 44.6. The fourth-order valence-corrected chi connectivity index (χ4v) is 12.9. The maximum Gasteiger partial charge on any atom is 0.170 e. The minimum absolute atomic E-state index is 0.178. The molecule has 2 aliphatic heterocycles. The van der Waals surface area contributed by atoms with E-state index in [-0.39, 0.29) is 42.7 Å². The quantitative estimate of drug-likeness (QED) is 0.0667. The second-order valence-electron chi connectivity index (χ2n) is 23.5. The van der Waals surface area contributed by atoms with Crippen LogP contribution in [0.25, 0.3) is 44.1 Å². The molecule has 448 valence electrons. The van der Waals surface area contributed by atoms with Crippen LogP contribution in [0.5, 0.6) is 11.5 Å². The molecular weight excluding hydrogens is 1150 g/mol. The maximum atomic E-state index is 16.0. The summed E-state index contributed by atoms with van der Waals surface area (Å²) in [5.74, 6) is 1.82. The van der Waals surface area contributed by atoms with Crippen molar-refractivity contribution in [1.29, 1.82) is 0 Å². The summed E-state index contributed by atoms with van der Waals surface area (Å²) >= 11 is 13.4. The van der Waals surface area contributed by atoms with Gasteiger partial charge in [-0.25, -0.2) is 28.7 Å². The predicted molar refractivity (Wildman–Crippen MR) is 342 cm³/mol. The summed E-state index contributed by atoms with van der Waals surface area (Å²) in [6.07, 6.45) is 16.7. The van der Waals surface area contributed by atoms with Gasteiger partial charge in [-0.1, -0.05) is 59.6 Å². The molecule has 88 heavy (non-hydrogen) atoms. The summed E-state index contributed by atoms with van der Waals surface area (Å²) in [7, 11) is 0. The van der Waals surface area contributed by atoms with Crippen LogP contribution in [0.15, 0.2) is 171 Å². The molecule has 0 spiro atoms. The van der Waals surface area contributed by atoms with E-state index in [9.17, 15) is 8.78 Å². The molecule has 2 saturated carbocycles. The van der Waals surface area contributed by atoms with Crippen molar-refractivity contribution in [3.8, 4) is 33.8 Å². The summed E-state index contributed by atoms with van der Waals surface area (Å²) in [6, 6.07) is 40.7. The average molecular weight is 1220 g/mol. The normalized spacial score (nSPS) is 16.9. The summed E-state index contributed by atoms with van der Waals surface area (Å²) < 4.78 is 43.9. The molecule has 4 aromatic heterocycles. The lowest BCUT2D eigenvalue weighted by molar-refractivity contribution is -0.132. The Balaban J connectivity index is 0.704. The second-order valence-corrected chi connectivity index (χ2v) is 24.3. The molecule has 0 amide bonds. The number of benzene rings is 6. The Bertz CT molecular complexity index is 3900. The molecule has 2 N–H and O–H groups in total. The highest BCUT2D eigenvalue weighted by Gasteiger charge is 2.41. The Morgan fingerprint density at radius 3 is 1.36 bits per heavy atom. The summed E-state index contributed by atoms with van der Waals surface area (Å²) in [5, 5.41) is 9.38. The molecule has 0 bridgehead atoms. The van der Waals surface area contributed by atoms with Gasteiger partial charge in [-0.2, -0.15) is 0 Å². The summed E-state index contributed by atoms with van der Waals surface area (Å²) in [5.41, 5.74) is 8.43. The number of Topliss-reactive ketones (excluding diaryl/α,β-unsaturated/α-hetero) is 1. The van der Waals surface area contributed by atoms with Gasteiger partial charge in [0, 0.05) is 124 Å². The molecular formula is C69H66Cl2F2N12O3. The number of fused-ring (bicyclic) bond motifs is 2. The van der Waals surface area contributed by atoms with Crippen LogP contribution in [0.4, 0.5) is 31.8 Å². The standard InChI is InChI=1S/C69H66Cl2F2N12O3/c70-59-35-53(9-17-65(59)87-41-45-3-1-5-51(72)31-45)78-68-57-33-47(7-15-61(57)74-43-76-68)49-19-21-80(37-49)39-63(84-27-23-82(24-28-84)55-11-12-55)67(86)64(85-29-25-83(26-30-85)56-13-14-56)40-81-22-20-50(38-81)48-8-16-62-58(34-48)69(77-44-75-62)79-54-10-18-66(60(71)36-54)88-42-46-4-2-6-52(73)32-46/h1-10,15-22,31-38,43-44,55-56,63-64H,11-14,23-30,39-42H2,(H,74,76,78)(H,75,77,79). The maximum absolute atomic E-state index is 16.0. The van der Waals surface area contributed by atoms with E-state index in [0.29, 0.717) is 69.5 Å². The van der Waals surface area contributed by atoms with Gasteiger partial charge >= 0.3 is 0 Å². The zero-order chi connectivity index (χ0) is 59.7. The number of carbonyl (C=O) groups is 1. The van der Waals surface area contributed by atoms with Gasteiger partial charge in [0.1, 0.15) is 60.6 Å². The first-order valence-electron chi connectivity index (χ1n) is 30.3. The third-order valence-electron chi connectivity index (χ3n) is 17.5. The third-order valence-corrected chi connectivity index (χ3v) is 18.1. The number of carbonyl (C=O) groups excluding carboxylic acids is 1. The van der Waals surface area contributed by atoms with Gasteiger partial charge in [0.25, 0.3) is 0 Å². The first kappa shape index (κ1) is 57.5. The van der Waals surface area contributed by atoms with Crippen LogP contribution < -0.4 is 20.1 Å². The van der Waals surface area contributed by atoms with Crippen LogP contribution >= 0.6 is 23.2 Å². The molecule has 2 atom stereocenters. The molecule has 4 aliphatic rings. The average Bonchev–Trinajstić information content (AvgIpc) is 2.55. The van der Waals surface area contributed by atoms with E-state index in [1.165, 1.54) is 49.9 Å². The van der Waals surface area contributed by atoms with Crippen LogP contribution in [0.3, 0.4) is 0 Å². The van der Waals surface area contributed by atoms with Crippen LogP contribution in [-0.4, -0.2) is 131 Å². The lowest BCUT2D eigenvalue weighted by Gasteiger charge is -2.43. The van der Waals surface area contributed by atoms with Crippen LogP contribution in [0.1, 0.15) is 36.8 Å². The monoisotopic (exact) mass is 1220 g/mol. The van der Waals surface area contributed by atoms with Gasteiger partial charge in [0.05, 0.1) is 33.2 Å². The van der Waals surface area contributed by atoms with Gasteiger partial charge in [-0.05, 0) is 156 Å². The van der Waals surface area contributed by atoms with Crippen LogP contribution in [0.2, 0.25) is 10.0 Å². The largest absolute Gasteiger partial charge is 0.487 e. The van der Waals surface area contributed by atoms with Crippen molar-refractivity contribution in [1.82, 2.24) is 48.7 Å². The minimum atomic E-state index is -0.362. The lowest BCUT2D eigenvalue weighted by atomic mass is 9.99. The zero-order valence-electron chi connectivity index (χ0n) is 48.5. The van der Waals surface area contributed by atoms with Gasteiger partial charge in [-0.15, -0.1) is 0 Å². The second kappa shape index (κ2) is 25.4. The van der Waals surface area contributed by atoms with Crippen molar-refractivity contribution in [2.75, 3.05) is 63.0 Å². The molecule has 0 radical (unpaired) electrons. The SMILES string of the molecule is O=C(C(Cn1ccc(-c2ccc3ncnc(Nc4ccc(OCc5cccc(F)c5)c(Cl)c4)c3c2)c1)N1CCN(C2CC2)CC1)C(Cn1ccc(-c2ccc3ncnc(Nc4ccc(OCc5cccc(F)c5)c(Cl)c4)c3c2)c1)N1CCN(C2CC2)CC1. The molecule has 10 aromatic rings. The Labute approximate surface area is 519 Å². The van der Waals surface area contributed by atoms with Crippen molar-refractivity contribution in [3.63, 3.8) is 0 Å². The van der Waals surface area contributed by atoms with Crippen molar-refractivity contribution >= 4 is 73.8 Å². The number of nitrogens with one attached hydrogen (secondary N) is 2. The molecule has 14 rings (SSSR count). The number of anilines is 4. The van der Waals surface area contributed by atoms with E-state index in [0.717, 1.165) is 108 Å². The topological polar surface area (TPSA) is 134 Å². The number of ketones is 1. The molecule has 6 heterocycles. The fourth-order valence-electron chi connectivity index (χ4n) is 12.5. The Kier molecular flexibility index (Phi) is 16.6. The Hall–Kier alpha value is -8.29. The molecule has 15 nitrogen and oxygen atoms in total. The molecule has 19 heteroatoms. The minimum Gasteiger partial charge on any atom is -0.487 e. The number of halogens is 4. The number of hydrogen-bond donors (Lipinski definition) is 2. The van der Waals surface area contributed by atoms with E-state index in [4.69, 9.17) is 32.7 Å². The predicted octanol–water partition coefficient (Wildman–Crippen LogP) is 13.3. The first-order valence-corrected chi connectivity index (χ1v) is 31.0. The van der Waals surface area contributed by atoms with E-state index in [1.54, 1.807) is 61.2 Å². The van der Waals surface area contributed by atoms with Crippen LogP contribution in [-0.2, 0) is 31.1 Å². The summed E-state index contributed by atoms with van der Waals surface area (Å²) in [6.45, 7) is 8.54. The van der Waals surface area contributed by atoms with Crippen molar-refractivity contribution < 1.29 is 23.0 Å². The van der Waals surface area contributed by atoms with E-state index in [1.807, 2.05) is 24.3 Å². The van der Waals surface area contributed by atoms with Gasteiger partial charge in [0.2, 0.25) is 0 Å². The highest BCUT2D eigenvalue weighted by molar-refractivity contribution is 6.32. The third kappa shape index (κ3) is 13.3. The number of hydrogen-bond acceptors (Lipinski definition) is 13. The molecule has 2 aliphatic carbocycles. The van der Waals surface area contributed by atoms with Crippen LogP contribution in [0, 0.1) is 11.6 Å². The number of rotatable bonds is 22. The number of ether oxygens (including phenoxy) is 2. The van der Waals surface area contributed by atoms with E-state index < -0.39 is 0 Å². The Morgan fingerprint density at radius 2 is 0.955 bits per heavy atom. The van der Waals surface area contributed by atoms with Crippen molar-refractivity contribution in [2.24, 2.45) is 0 Å². The zero-order valence-corrected chi connectivity index (χ0v) is 50.0. The number of nitrogens with zero attached hydrogens (tertiary/aromatic N) is 10. The fraction of sp³-hybridized carbons (Fsp3) is 0.290.